The highest BCUT2D eigenvalue weighted by Crippen LogP contribution is 2.24. The zero-order chi connectivity index (χ0) is 15.0. The molecule has 1 aromatic carbocycles. The van der Waals surface area contributed by atoms with Crippen LogP contribution in [0.25, 0.3) is 0 Å². The van der Waals surface area contributed by atoms with Gasteiger partial charge < -0.3 is 5.32 Å². The van der Waals surface area contributed by atoms with Crippen LogP contribution >= 0.6 is 0 Å². The third-order valence-corrected chi connectivity index (χ3v) is 3.58. The summed E-state index contributed by atoms with van der Waals surface area (Å²) in [6.45, 7) is 3.99. The maximum absolute atomic E-state index is 12.1. The number of nitrogens with zero attached hydrogens (tertiary/aromatic N) is 3. The van der Waals surface area contributed by atoms with Gasteiger partial charge in [-0.1, -0.05) is 6.07 Å². The van der Waals surface area contributed by atoms with Gasteiger partial charge in [0.2, 0.25) is 11.9 Å². The first-order chi connectivity index (χ1) is 10.0. The number of aromatic nitrogens is 3. The Hall–Kier alpha value is -2.70. The molecule has 7 nitrogen and oxygen atoms in total. The monoisotopic (exact) mass is 285 g/mol. The molecule has 0 saturated carbocycles. The number of carbonyl (C=O) groups is 2. The van der Waals surface area contributed by atoms with Gasteiger partial charge in [-0.15, -0.1) is 0 Å². The van der Waals surface area contributed by atoms with E-state index in [1.165, 1.54) is 11.0 Å². The summed E-state index contributed by atoms with van der Waals surface area (Å²) in [7, 11) is 0. The van der Waals surface area contributed by atoms with Crippen molar-refractivity contribution in [1.82, 2.24) is 14.8 Å². The van der Waals surface area contributed by atoms with Crippen molar-refractivity contribution in [1.29, 1.82) is 0 Å². The summed E-state index contributed by atoms with van der Waals surface area (Å²) in [5.41, 5.74) is 2.99. The molecule has 1 aromatic heterocycles. The normalized spacial score (nSPS) is 16.5. The van der Waals surface area contributed by atoms with Crippen molar-refractivity contribution in [3.05, 3.63) is 35.7 Å². The number of hydrogen-bond donors (Lipinski definition) is 2. The molecule has 2 amide bonds. The van der Waals surface area contributed by atoms with Gasteiger partial charge in [0, 0.05) is 5.69 Å². The highest BCUT2D eigenvalue weighted by molar-refractivity contribution is 6.00. The Labute approximate surface area is 121 Å². The van der Waals surface area contributed by atoms with E-state index in [1.807, 2.05) is 32.0 Å². The van der Waals surface area contributed by atoms with Crippen LogP contribution in [-0.4, -0.2) is 26.6 Å². The van der Waals surface area contributed by atoms with Crippen LogP contribution in [0.3, 0.4) is 0 Å². The first-order valence-corrected chi connectivity index (χ1v) is 6.62. The molecule has 108 valence electrons. The number of nitrogens with one attached hydrogen (secondary N) is 2. The number of aryl methyl sites for hydroxylation is 2. The predicted octanol–water partition coefficient (Wildman–Crippen LogP) is 1.42. The van der Waals surface area contributed by atoms with Crippen molar-refractivity contribution >= 4 is 23.5 Å². The quantitative estimate of drug-likeness (QED) is 0.892. The fourth-order valence-electron chi connectivity index (χ4n) is 2.26. The molecule has 0 saturated heterocycles. The molecule has 2 aromatic rings. The first kappa shape index (κ1) is 13.3. The molecule has 0 radical (unpaired) electrons. The molecule has 2 heterocycles. The third-order valence-electron chi connectivity index (χ3n) is 3.58. The van der Waals surface area contributed by atoms with E-state index in [2.05, 4.69) is 20.7 Å². The van der Waals surface area contributed by atoms with Crippen LogP contribution in [0.2, 0.25) is 0 Å². The van der Waals surface area contributed by atoms with E-state index in [9.17, 15) is 9.59 Å². The average molecular weight is 285 g/mol. The molecule has 0 spiro atoms. The highest BCUT2D eigenvalue weighted by atomic mass is 16.2. The number of fused-ring (bicyclic) bond motifs is 1. The van der Waals surface area contributed by atoms with Crippen molar-refractivity contribution in [3.63, 3.8) is 0 Å². The molecule has 1 atom stereocenters. The fourth-order valence-corrected chi connectivity index (χ4v) is 2.26. The largest absolute Gasteiger partial charge is 0.326 e. The summed E-state index contributed by atoms with van der Waals surface area (Å²) in [4.78, 5) is 27.8. The number of rotatable bonds is 3. The molecule has 3 rings (SSSR count). The molecular weight excluding hydrogens is 270 g/mol. The van der Waals surface area contributed by atoms with Gasteiger partial charge >= 0.3 is 0 Å². The fraction of sp³-hybridized carbons (Fsp3) is 0.286. The minimum atomic E-state index is -0.644. The van der Waals surface area contributed by atoms with E-state index in [4.69, 9.17) is 0 Å². The average Bonchev–Trinajstić information content (AvgIpc) is 2.97. The molecule has 7 heteroatoms. The maximum Gasteiger partial charge on any atom is 0.252 e. The molecular formula is C14H15N5O2. The van der Waals surface area contributed by atoms with Crippen molar-refractivity contribution in [3.8, 4) is 0 Å². The highest BCUT2D eigenvalue weighted by Gasteiger charge is 2.33. The van der Waals surface area contributed by atoms with Crippen LogP contribution in [0.1, 0.15) is 23.6 Å². The lowest BCUT2D eigenvalue weighted by Gasteiger charge is -2.10. The first-order valence-electron chi connectivity index (χ1n) is 6.62. The molecule has 0 aliphatic carbocycles. The molecule has 1 aliphatic rings. The molecule has 0 fully saturated rings. The van der Waals surface area contributed by atoms with Crippen molar-refractivity contribution in [2.45, 2.75) is 26.3 Å². The smallest absolute Gasteiger partial charge is 0.252 e. The summed E-state index contributed by atoms with van der Waals surface area (Å²) < 4.78 is 1.43. The third kappa shape index (κ3) is 2.49. The lowest BCUT2D eigenvalue weighted by molar-refractivity contribution is -0.123. The van der Waals surface area contributed by atoms with Gasteiger partial charge in [-0.25, -0.2) is 4.68 Å². The summed E-state index contributed by atoms with van der Waals surface area (Å²) in [6.07, 6.45) is 1.37. The SMILES string of the molecule is Cc1ccc(NC(=O)C[C@H]2C(=O)Nc3ncnn32)cc1C. The lowest BCUT2D eigenvalue weighted by Crippen LogP contribution is -2.23. The number of carbonyl (C=O) groups excluding carboxylic acids is 2. The lowest BCUT2D eigenvalue weighted by atomic mass is 10.1. The van der Waals surface area contributed by atoms with Crippen LogP contribution in [0, 0.1) is 13.8 Å². The van der Waals surface area contributed by atoms with Gasteiger partial charge in [0.1, 0.15) is 12.4 Å². The summed E-state index contributed by atoms with van der Waals surface area (Å²) in [5, 5.41) is 9.34. The van der Waals surface area contributed by atoms with Crippen LogP contribution in [0.4, 0.5) is 11.6 Å². The molecule has 0 bridgehead atoms. The minimum Gasteiger partial charge on any atom is -0.326 e. The van der Waals surface area contributed by atoms with Crippen molar-refractivity contribution in [2.75, 3.05) is 10.6 Å². The zero-order valence-corrected chi connectivity index (χ0v) is 11.8. The molecule has 0 unspecified atom stereocenters. The summed E-state index contributed by atoms with van der Waals surface area (Å²) in [5.74, 6) is -0.119. The van der Waals surface area contributed by atoms with Gasteiger partial charge in [-0.05, 0) is 37.1 Å². The Bertz CT molecular complexity index is 722. The Morgan fingerprint density at radius 2 is 2.19 bits per heavy atom. The van der Waals surface area contributed by atoms with Gasteiger partial charge in [0.25, 0.3) is 5.91 Å². The second-order valence-electron chi connectivity index (χ2n) is 5.08. The zero-order valence-electron chi connectivity index (χ0n) is 11.8. The van der Waals surface area contributed by atoms with E-state index in [0.717, 1.165) is 16.8 Å². The Balaban J connectivity index is 1.70. The van der Waals surface area contributed by atoms with Gasteiger partial charge in [0.05, 0.1) is 6.42 Å². The maximum atomic E-state index is 12.1. The van der Waals surface area contributed by atoms with Crippen LogP contribution in [0.15, 0.2) is 24.5 Å². The molecule has 21 heavy (non-hydrogen) atoms. The van der Waals surface area contributed by atoms with Gasteiger partial charge in [0.15, 0.2) is 0 Å². The van der Waals surface area contributed by atoms with E-state index in [-0.39, 0.29) is 18.2 Å². The van der Waals surface area contributed by atoms with Crippen molar-refractivity contribution in [2.24, 2.45) is 0 Å². The second-order valence-corrected chi connectivity index (χ2v) is 5.08. The second kappa shape index (κ2) is 5.01. The predicted molar refractivity (Wildman–Crippen MR) is 76.9 cm³/mol. The van der Waals surface area contributed by atoms with E-state index >= 15 is 0 Å². The number of hydrogen-bond acceptors (Lipinski definition) is 4. The number of amides is 2. The van der Waals surface area contributed by atoms with E-state index in [1.54, 1.807) is 0 Å². The Morgan fingerprint density at radius 3 is 2.95 bits per heavy atom. The van der Waals surface area contributed by atoms with Crippen LogP contribution < -0.4 is 10.6 Å². The van der Waals surface area contributed by atoms with Crippen LogP contribution in [0.5, 0.6) is 0 Å². The topological polar surface area (TPSA) is 88.9 Å². The Morgan fingerprint density at radius 1 is 1.38 bits per heavy atom. The molecule has 1 aliphatic heterocycles. The van der Waals surface area contributed by atoms with Gasteiger partial charge in [-0.2, -0.15) is 10.1 Å². The van der Waals surface area contributed by atoms with E-state index < -0.39 is 6.04 Å². The summed E-state index contributed by atoms with van der Waals surface area (Å²) >= 11 is 0. The minimum absolute atomic E-state index is 0.0229. The van der Waals surface area contributed by atoms with Crippen molar-refractivity contribution < 1.29 is 9.59 Å². The Kier molecular flexibility index (Phi) is 3.17. The van der Waals surface area contributed by atoms with E-state index in [0.29, 0.717) is 5.95 Å². The number of benzene rings is 1. The number of anilines is 2. The van der Waals surface area contributed by atoms with Crippen LogP contribution in [-0.2, 0) is 9.59 Å². The standard InChI is InChI=1S/C14H15N5O2/c1-8-3-4-10(5-9(8)2)17-12(20)6-11-13(21)18-14-15-7-16-19(11)14/h3-5,7,11H,6H2,1-2H3,(H,17,20)(H,15,16,18,21)/t11-/m0/s1. The molecule has 2 N–H and O–H groups in total. The summed E-state index contributed by atoms with van der Waals surface area (Å²) in [6, 6.07) is 5.05. The van der Waals surface area contributed by atoms with Gasteiger partial charge in [-0.3, -0.25) is 14.9 Å².